The van der Waals surface area contributed by atoms with E-state index >= 15 is 0 Å². The maximum absolute atomic E-state index is 13.3. The maximum Gasteiger partial charge on any atom is 0.490 e. The van der Waals surface area contributed by atoms with Gasteiger partial charge in [0.15, 0.2) is 0 Å². The van der Waals surface area contributed by atoms with Crippen LogP contribution in [0.15, 0.2) is 42.6 Å². The van der Waals surface area contributed by atoms with E-state index < -0.39 is 12.1 Å². The van der Waals surface area contributed by atoms with Crippen LogP contribution < -0.4 is 0 Å². The Morgan fingerprint density at radius 2 is 1.92 bits per heavy atom. The quantitative estimate of drug-likeness (QED) is 0.540. The molecule has 0 aliphatic carbocycles. The van der Waals surface area contributed by atoms with Crippen LogP contribution in [0.4, 0.5) is 13.2 Å². The SMILES string of the molecule is O=C(O)C(F)(F)F.O=C(c1ccc2ccccc2n1)N1CCCC2(COCCN(Cc3cn[nH]n3)C2)C1. The fourth-order valence-corrected chi connectivity index (χ4v) is 4.72. The second kappa shape index (κ2) is 11.2. The zero-order valence-electron chi connectivity index (χ0n) is 19.9. The minimum Gasteiger partial charge on any atom is -0.475 e. The molecule has 2 N–H and O–H groups in total. The van der Waals surface area contributed by atoms with Crippen LogP contribution in [-0.4, -0.2) is 92.7 Å². The van der Waals surface area contributed by atoms with Gasteiger partial charge in [-0.3, -0.25) is 9.69 Å². The molecular weight excluding hydrogens is 493 g/mol. The van der Waals surface area contributed by atoms with Crippen molar-refractivity contribution in [1.29, 1.82) is 0 Å². The van der Waals surface area contributed by atoms with Gasteiger partial charge in [0.05, 0.1) is 30.6 Å². The van der Waals surface area contributed by atoms with Crippen LogP contribution >= 0.6 is 0 Å². The summed E-state index contributed by atoms with van der Waals surface area (Å²) in [7, 11) is 0. The molecule has 1 spiro atoms. The molecule has 3 aromatic rings. The first kappa shape index (κ1) is 26.5. The molecule has 1 atom stereocenters. The average molecular weight is 521 g/mol. The molecule has 1 unspecified atom stereocenters. The van der Waals surface area contributed by atoms with Gasteiger partial charge in [-0.25, -0.2) is 9.78 Å². The number of benzene rings is 1. The number of aromatic amines is 1. The fraction of sp³-hybridized carbons (Fsp3) is 0.458. The van der Waals surface area contributed by atoms with E-state index in [0.29, 0.717) is 25.5 Å². The molecule has 2 aliphatic heterocycles. The molecule has 10 nitrogen and oxygen atoms in total. The normalized spacial score (nSPS) is 20.8. The van der Waals surface area contributed by atoms with Crippen LogP contribution in [0.1, 0.15) is 29.0 Å². The third-order valence-corrected chi connectivity index (χ3v) is 6.38. The molecule has 198 valence electrons. The molecule has 2 fully saturated rings. The third kappa shape index (κ3) is 6.80. The lowest BCUT2D eigenvalue weighted by molar-refractivity contribution is -0.192. The van der Waals surface area contributed by atoms with Crippen molar-refractivity contribution in [1.82, 2.24) is 30.2 Å². The summed E-state index contributed by atoms with van der Waals surface area (Å²) in [6, 6.07) is 11.7. The zero-order valence-corrected chi connectivity index (χ0v) is 19.9. The number of hydrogen-bond donors (Lipinski definition) is 2. The van der Waals surface area contributed by atoms with Gasteiger partial charge in [0, 0.05) is 43.5 Å². The Hall–Kier alpha value is -3.58. The lowest BCUT2D eigenvalue weighted by Gasteiger charge is -2.43. The van der Waals surface area contributed by atoms with E-state index in [1.807, 2.05) is 41.3 Å². The Morgan fingerprint density at radius 1 is 1.14 bits per heavy atom. The highest BCUT2D eigenvalue weighted by Crippen LogP contribution is 2.34. The van der Waals surface area contributed by atoms with E-state index in [4.69, 9.17) is 14.6 Å². The average Bonchev–Trinajstić information content (AvgIpc) is 3.31. The number of aromatic nitrogens is 4. The van der Waals surface area contributed by atoms with Gasteiger partial charge < -0.3 is 14.7 Å². The standard InChI is InChI=1S/C22H26N6O2.C2HF3O2/c29-21(20-7-6-17-4-1-2-5-19(17)24-20)28-9-3-8-22(15-28)14-27(10-11-30-16-22)13-18-12-23-26-25-18;3-2(4,5)1(6)7/h1-2,4-7,12H,3,8-11,13-16H2,(H,23,25,26);(H,6,7). The number of rotatable bonds is 3. The van der Waals surface area contributed by atoms with Crippen LogP contribution in [0, 0.1) is 5.41 Å². The van der Waals surface area contributed by atoms with E-state index in [0.717, 1.165) is 55.6 Å². The Labute approximate surface area is 210 Å². The van der Waals surface area contributed by atoms with Crippen molar-refractivity contribution in [3.05, 3.63) is 54.0 Å². The number of fused-ring (bicyclic) bond motifs is 1. The Kier molecular flexibility index (Phi) is 8.03. The summed E-state index contributed by atoms with van der Waals surface area (Å²) in [5.41, 5.74) is 2.23. The number of carbonyl (C=O) groups is 2. The van der Waals surface area contributed by atoms with Gasteiger partial charge >= 0.3 is 12.1 Å². The van der Waals surface area contributed by atoms with Crippen molar-refractivity contribution in [2.45, 2.75) is 25.6 Å². The van der Waals surface area contributed by atoms with E-state index in [-0.39, 0.29) is 11.3 Å². The first-order valence-corrected chi connectivity index (χ1v) is 11.8. The van der Waals surface area contributed by atoms with Crippen LogP contribution in [0.3, 0.4) is 0 Å². The molecule has 0 saturated carbocycles. The number of carbonyl (C=O) groups excluding carboxylic acids is 1. The molecule has 1 aromatic carbocycles. The van der Waals surface area contributed by atoms with Crippen molar-refractivity contribution >= 4 is 22.8 Å². The number of pyridine rings is 1. The maximum atomic E-state index is 13.3. The van der Waals surface area contributed by atoms with E-state index in [1.54, 1.807) is 6.20 Å². The minimum absolute atomic E-state index is 0.00660. The number of H-pyrrole nitrogens is 1. The largest absolute Gasteiger partial charge is 0.490 e. The molecule has 2 aromatic heterocycles. The van der Waals surface area contributed by atoms with Crippen molar-refractivity contribution in [3.8, 4) is 0 Å². The van der Waals surface area contributed by atoms with Gasteiger partial charge in [0.1, 0.15) is 5.69 Å². The zero-order chi connectivity index (χ0) is 26.5. The molecule has 0 bridgehead atoms. The molecule has 1 amide bonds. The molecule has 13 heteroatoms. The highest BCUT2D eigenvalue weighted by molar-refractivity contribution is 5.95. The Balaban J connectivity index is 0.000000405. The number of hydrogen-bond acceptors (Lipinski definition) is 7. The summed E-state index contributed by atoms with van der Waals surface area (Å²) in [5.74, 6) is -2.75. The summed E-state index contributed by atoms with van der Waals surface area (Å²) in [6.07, 6.45) is -1.29. The monoisotopic (exact) mass is 520 g/mol. The number of carboxylic acids is 1. The molecular formula is C24H27F3N6O4. The molecule has 37 heavy (non-hydrogen) atoms. The third-order valence-electron chi connectivity index (χ3n) is 6.38. The number of likely N-dealkylation sites (tertiary alicyclic amines) is 1. The highest BCUT2D eigenvalue weighted by atomic mass is 19.4. The van der Waals surface area contributed by atoms with Gasteiger partial charge in [-0.2, -0.15) is 28.6 Å². The van der Waals surface area contributed by atoms with Crippen LogP contribution in [0.2, 0.25) is 0 Å². The first-order chi connectivity index (χ1) is 17.7. The van der Waals surface area contributed by atoms with Gasteiger partial charge in [0.2, 0.25) is 0 Å². The number of nitrogens with zero attached hydrogens (tertiary/aromatic N) is 5. The first-order valence-electron chi connectivity index (χ1n) is 11.8. The molecule has 2 aliphatic rings. The smallest absolute Gasteiger partial charge is 0.475 e. The second-order valence-corrected chi connectivity index (χ2v) is 9.25. The summed E-state index contributed by atoms with van der Waals surface area (Å²) in [6.45, 7) is 5.30. The van der Waals surface area contributed by atoms with Gasteiger partial charge in [-0.15, -0.1) is 0 Å². The van der Waals surface area contributed by atoms with Crippen molar-refractivity contribution in [2.75, 3.05) is 39.4 Å². The Morgan fingerprint density at radius 3 is 2.65 bits per heavy atom. The predicted octanol–water partition coefficient (Wildman–Crippen LogP) is 2.74. The molecule has 4 heterocycles. The lowest BCUT2D eigenvalue weighted by Crippen LogP contribution is -2.52. The highest BCUT2D eigenvalue weighted by Gasteiger charge is 2.41. The topological polar surface area (TPSA) is 125 Å². The minimum atomic E-state index is -5.08. The number of ether oxygens (including phenoxy) is 1. The molecule has 5 rings (SSSR count). The van der Waals surface area contributed by atoms with E-state index in [9.17, 15) is 18.0 Å². The number of alkyl halides is 3. The van der Waals surface area contributed by atoms with Crippen molar-refractivity contribution < 1.29 is 32.6 Å². The van der Waals surface area contributed by atoms with E-state index in [1.165, 1.54) is 0 Å². The van der Waals surface area contributed by atoms with Crippen LogP contribution in [0.25, 0.3) is 10.9 Å². The number of para-hydroxylation sites is 1. The number of nitrogens with one attached hydrogen (secondary N) is 1. The number of aliphatic carboxylic acids is 1. The summed E-state index contributed by atoms with van der Waals surface area (Å²) < 4.78 is 37.7. The summed E-state index contributed by atoms with van der Waals surface area (Å²) in [5, 5.41) is 19.0. The summed E-state index contributed by atoms with van der Waals surface area (Å²) in [4.78, 5) is 31.1. The number of carboxylic acid groups (broad SMARTS) is 1. The van der Waals surface area contributed by atoms with Gasteiger partial charge in [0.25, 0.3) is 5.91 Å². The van der Waals surface area contributed by atoms with Gasteiger partial charge in [-0.05, 0) is 25.0 Å². The number of amides is 1. The fourth-order valence-electron chi connectivity index (χ4n) is 4.72. The molecule has 2 saturated heterocycles. The van der Waals surface area contributed by atoms with Gasteiger partial charge in [-0.1, -0.05) is 24.3 Å². The van der Waals surface area contributed by atoms with E-state index in [2.05, 4.69) is 25.3 Å². The number of piperidine rings is 1. The van der Waals surface area contributed by atoms with Crippen LogP contribution in [0.5, 0.6) is 0 Å². The Bertz CT molecular complexity index is 1220. The molecule has 0 radical (unpaired) electrons. The predicted molar refractivity (Wildman–Crippen MR) is 125 cm³/mol. The summed E-state index contributed by atoms with van der Waals surface area (Å²) >= 11 is 0. The number of halogens is 3. The van der Waals surface area contributed by atoms with Crippen LogP contribution in [-0.2, 0) is 16.1 Å². The lowest BCUT2D eigenvalue weighted by atomic mass is 9.80. The van der Waals surface area contributed by atoms with Crippen molar-refractivity contribution in [2.24, 2.45) is 5.41 Å². The van der Waals surface area contributed by atoms with Crippen molar-refractivity contribution in [3.63, 3.8) is 0 Å². The second-order valence-electron chi connectivity index (χ2n) is 9.25.